The number of benzene rings is 15. The van der Waals surface area contributed by atoms with Gasteiger partial charge in [-0.25, -0.2) is 0 Å². The summed E-state index contributed by atoms with van der Waals surface area (Å²) in [6, 6.07) is 123. The lowest BCUT2D eigenvalue weighted by Crippen LogP contribution is -2.19. The number of para-hydroxylation sites is 6. The Balaban J connectivity index is 0.674. The Morgan fingerprint density at radius 3 is 0.816 bits per heavy atom. The van der Waals surface area contributed by atoms with Crippen LogP contribution in [0.1, 0.15) is 74.9 Å². The molecule has 0 N–H and O–H groups in total. The number of aromatic nitrogens is 3. The third-order valence-corrected chi connectivity index (χ3v) is 23.8. The monoisotopic (exact) mass is 1320 g/mol. The Morgan fingerprint density at radius 2 is 0.447 bits per heavy atom. The van der Waals surface area contributed by atoms with Crippen LogP contribution in [0.25, 0.3) is 149 Å². The van der Waals surface area contributed by atoms with Gasteiger partial charge in [0, 0.05) is 82.7 Å². The van der Waals surface area contributed by atoms with Crippen molar-refractivity contribution in [1.82, 2.24) is 13.7 Å². The Kier molecular flexibility index (Phi) is 12.5. The van der Waals surface area contributed by atoms with E-state index in [0.29, 0.717) is 0 Å². The Morgan fingerprint density at radius 1 is 0.194 bits per heavy atom. The van der Waals surface area contributed by atoms with Crippen molar-refractivity contribution in [3.8, 4) is 83.8 Å². The first-order chi connectivity index (χ1) is 50.3. The fourth-order valence-electron chi connectivity index (χ4n) is 18.6. The number of anilines is 3. The van der Waals surface area contributed by atoms with Crippen molar-refractivity contribution in [2.75, 3.05) is 4.90 Å². The van der Waals surface area contributed by atoms with E-state index in [0.717, 1.165) is 28.4 Å². The van der Waals surface area contributed by atoms with Crippen molar-refractivity contribution < 1.29 is 0 Å². The van der Waals surface area contributed by atoms with Gasteiger partial charge in [0.15, 0.2) is 0 Å². The van der Waals surface area contributed by atoms with Gasteiger partial charge < -0.3 is 18.6 Å². The fraction of sp³-hybridized carbons (Fsp3) is 0.0909. The maximum atomic E-state index is 2.56. The second-order valence-electron chi connectivity index (χ2n) is 30.4. The lowest BCUT2D eigenvalue weighted by Gasteiger charge is -2.31. The van der Waals surface area contributed by atoms with E-state index in [4.69, 9.17) is 0 Å². The molecule has 21 rings (SSSR count). The molecule has 0 unspecified atom stereocenters. The molecule has 0 aliphatic heterocycles. The predicted molar refractivity (Wildman–Crippen MR) is 433 cm³/mol. The van der Waals surface area contributed by atoms with Gasteiger partial charge in [-0.3, -0.25) is 0 Å². The second-order valence-corrected chi connectivity index (χ2v) is 30.4. The topological polar surface area (TPSA) is 18.0 Å². The van der Waals surface area contributed by atoms with E-state index in [1.807, 2.05) is 0 Å². The molecule has 4 nitrogen and oxygen atoms in total. The van der Waals surface area contributed by atoms with E-state index in [-0.39, 0.29) is 16.2 Å². The summed E-state index contributed by atoms with van der Waals surface area (Å²) < 4.78 is 7.25. The first kappa shape index (κ1) is 59.4. The number of fused-ring (bicyclic) bond motifs is 18. The van der Waals surface area contributed by atoms with Gasteiger partial charge in [-0.05, 0) is 234 Å². The highest BCUT2D eigenvalue weighted by atomic mass is 15.1. The van der Waals surface area contributed by atoms with E-state index in [2.05, 4.69) is 388 Å². The molecular weight excluding hydrogens is 1250 g/mol. The highest BCUT2D eigenvalue weighted by Gasteiger charge is 2.41. The highest BCUT2D eigenvalue weighted by Crippen LogP contribution is 2.57. The zero-order valence-electron chi connectivity index (χ0n) is 58.5. The van der Waals surface area contributed by atoms with Crippen molar-refractivity contribution in [2.24, 2.45) is 0 Å². The molecule has 0 radical (unpaired) electrons. The van der Waals surface area contributed by atoms with Crippen LogP contribution in [0.4, 0.5) is 17.1 Å². The standard InChI is InChI=1S/C99H72N4/c1-97(2)85-53-62(61-39-51-94-84(52-61)81-30-18-21-33-93(81)101(94)67-22-10-7-11-23-67)34-43-73(85)76-48-40-70(58-88(76)97)100(71-41-49-77-74-44-35-63(54-86(74)98(3,4)89(77)59-71)65-37-46-82-79-28-16-19-31-91(79)102(95(82)56-65)68-24-12-8-13-25-68)72-42-50-78-75-45-36-64(55-87(75)99(5,6)90(78)60-72)66-38-47-83-80-29-17-20-32-92(80)103(96(83)57-66)69-26-14-9-15-27-69/h7-60H,1-6H3. The number of hydrogen-bond acceptors (Lipinski definition) is 1. The molecule has 3 aromatic heterocycles. The molecule has 103 heavy (non-hydrogen) atoms. The summed E-state index contributed by atoms with van der Waals surface area (Å²) in [6.07, 6.45) is 0. The van der Waals surface area contributed by atoms with E-state index in [9.17, 15) is 0 Å². The summed E-state index contributed by atoms with van der Waals surface area (Å²) in [4.78, 5) is 2.56. The largest absolute Gasteiger partial charge is 0.310 e. The van der Waals surface area contributed by atoms with Crippen LogP contribution in [0, 0.1) is 0 Å². The molecule has 0 fully saturated rings. The molecule has 0 amide bonds. The van der Waals surface area contributed by atoms with Gasteiger partial charge in [-0.15, -0.1) is 0 Å². The second kappa shape index (κ2) is 21.8. The van der Waals surface area contributed by atoms with Gasteiger partial charge in [-0.1, -0.05) is 236 Å². The summed E-state index contributed by atoms with van der Waals surface area (Å²) in [5.41, 5.74) is 36.3. The fourth-order valence-corrected chi connectivity index (χ4v) is 18.6. The third kappa shape index (κ3) is 8.65. The lowest BCUT2D eigenvalue weighted by molar-refractivity contribution is 0.659. The van der Waals surface area contributed by atoms with Gasteiger partial charge in [0.05, 0.1) is 33.1 Å². The molecule has 0 spiro atoms. The van der Waals surface area contributed by atoms with Crippen LogP contribution in [-0.4, -0.2) is 13.7 Å². The molecule has 0 saturated heterocycles. The van der Waals surface area contributed by atoms with Crippen LogP contribution in [-0.2, 0) is 16.2 Å². The van der Waals surface area contributed by atoms with Gasteiger partial charge in [-0.2, -0.15) is 0 Å². The van der Waals surface area contributed by atoms with Crippen LogP contribution < -0.4 is 4.90 Å². The smallest absolute Gasteiger partial charge is 0.0547 e. The first-order valence-electron chi connectivity index (χ1n) is 36.3. The van der Waals surface area contributed by atoms with Crippen LogP contribution in [0.3, 0.4) is 0 Å². The van der Waals surface area contributed by atoms with Crippen molar-refractivity contribution in [3.63, 3.8) is 0 Å². The van der Waals surface area contributed by atoms with Crippen molar-refractivity contribution >= 4 is 82.5 Å². The highest BCUT2D eigenvalue weighted by molar-refractivity contribution is 6.13. The first-order valence-corrected chi connectivity index (χ1v) is 36.3. The molecule has 15 aromatic carbocycles. The summed E-state index contributed by atoms with van der Waals surface area (Å²) in [7, 11) is 0. The van der Waals surface area contributed by atoms with E-state index >= 15 is 0 Å². The number of nitrogens with zero attached hydrogens (tertiary/aromatic N) is 4. The predicted octanol–water partition coefficient (Wildman–Crippen LogP) is 26.4. The molecule has 488 valence electrons. The van der Waals surface area contributed by atoms with E-state index < -0.39 is 0 Å². The minimum absolute atomic E-state index is 0.306. The normalized spacial score (nSPS) is 14.2. The average Bonchev–Trinajstić information content (AvgIpc) is 1.58. The van der Waals surface area contributed by atoms with Crippen molar-refractivity contribution in [1.29, 1.82) is 0 Å². The Labute approximate surface area is 599 Å². The minimum atomic E-state index is -0.309. The summed E-state index contributed by atoms with van der Waals surface area (Å²) in [5.74, 6) is 0. The number of hydrogen-bond donors (Lipinski definition) is 0. The van der Waals surface area contributed by atoms with Crippen LogP contribution in [0.15, 0.2) is 328 Å². The summed E-state index contributed by atoms with van der Waals surface area (Å²) >= 11 is 0. The molecule has 0 bridgehead atoms. The molecule has 0 saturated carbocycles. The number of rotatable bonds is 9. The molecule has 18 aromatic rings. The molecule has 3 aliphatic carbocycles. The summed E-state index contributed by atoms with van der Waals surface area (Å²) in [5, 5.41) is 7.55. The molecule has 3 heterocycles. The third-order valence-electron chi connectivity index (χ3n) is 23.8. The molecule has 3 aliphatic rings. The SMILES string of the molecule is CC1(C)c2cc(-c3ccc4c(c3)c3ccccc3n4-c3ccccc3)ccc2-c2ccc(N(c3ccc4c(c3)C(C)(C)c3cc(-c5ccc6c7ccccc7n(-c7ccccc7)c6c5)ccc3-4)c3ccc4c(c3)C(C)(C)c3cc(-c5ccc6c7ccccc7n(-c7ccccc7)c6c5)ccc3-4)cc21. The Bertz CT molecular complexity index is 6360. The maximum Gasteiger partial charge on any atom is 0.0547 e. The van der Waals surface area contributed by atoms with Gasteiger partial charge in [0.1, 0.15) is 0 Å². The van der Waals surface area contributed by atoms with Crippen molar-refractivity contribution in [3.05, 3.63) is 361 Å². The van der Waals surface area contributed by atoms with Gasteiger partial charge in [0.2, 0.25) is 0 Å². The molecular formula is C99H72N4. The quantitative estimate of drug-likeness (QED) is 0.141. The van der Waals surface area contributed by atoms with Crippen LogP contribution in [0.5, 0.6) is 0 Å². The lowest BCUT2D eigenvalue weighted by atomic mass is 9.80. The van der Waals surface area contributed by atoms with Crippen LogP contribution in [0.2, 0.25) is 0 Å². The van der Waals surface area contributed by atoms with Gasteiger partial charge >= 0.3 is 0 Å². The zero-order valence-corrected chi connectivity index (χ0v) is 58.5. The maximum absolute atomic E-state index is 2.56. The zero-order chi connectivity index (χ0) is 68.8. The van der Waals surface area contributed by atoms with Crippen molar-refractivity contribution in [2.45, 2.75) is 57.8 Å². The Hall–Kier alpha value is -12.5. The van der Waals surface area contributed by atoms with Crippen LogP contribution >= 0.6 is 0 Å². The van der Waals surface area contributed by atoms with E-state index in [1.165, 1.54) is 171 Å². The van der Waals surface area contributed by atoms with Gasteiger partial charge in [0.25, 0.3) is 0 Å². The summed E-state index contributed by atoms with van der Waals surface area (Å²) in [6.45, 7) is 14.6. The molecule has 4 heteroatoms. The molecule has 0 atom stereocenters. The van der Waals surface area contributed by atoms with E-state index in [1.54, 1.807) is 0 Å². The minimum Gasteiger partial charge on any atom is -0.310 e. The average molecular weight is 1320 g/mol.